The van der Waals surface area contributed by atoms with E-state index in [0.717, 1.165) is 6.08 Å². The van der Waals surface area contributed by atoms with E-state index in [4.69, 9.17) is 5.73 Å². The lowest BCUT2D eigenvalue weighted by Crippen LogP contribution is -2.28. The molecule has 0 atom stereocenters. The minimum absolute atomic E-state index is 0.00765. The fourth-order valence-corrected chi connectivity index (χ4v) is 2.13. The van der Waals surface area contributed by atoms with E-state index in [9.17, 15) is 13.2 Å². The number of rotatable bonds is 6. The first kappa shape index (κ1) is 14.2. The van der Waals surface area contributed by atoms with Crippen molar-refractivity contribution in [3.63, 3.8) is 0 Å². The van der Waals surface area contributed by atoms with Gasteiger partial charge in [-0.15, -0.1) is 0 Å². The van der Waals surface area contributed by atoms with E-state index in [1.54, 1.807) is 0 Å². The highest BCUT2D eigenvalue weighted by Gasteiger charge is 2.12. The number of hydrogen-bond donors (Lipinski definition) is 2. The summed E-state index contributed by atoms with van der Waals surface area (Å²) in [5.41, 5.74) is 5.94. The third-order valence-electron chi connectivity index (χ3n) is 2.00. The van der Waals surface area contributed by atoms with Gasteiger partial charge in [0.1, 0.15) is 6.61 Å². The van der Waals surface area contributed by atoms with Crippen molar-refractivity contribution >= 4 is 21.7 Å². The molecule has 0 aromatic heterocycles. The molecule has 1 aromatic rings. The van der Waals surface area contributed by atoms with Gasteiger partial charge in [-0.3, -0.25) is 0 Å². The Morgan fingerprint density at radius 3 is 2.56 bits per heavy atom. The van der Waals surface area contributed by atoms with Crippen molar-refractivity contribution in [3.05, 3.63) is 36.9 Å². The molecule has 0 bridgehead atoms. The number of nitrogens with one attached hydrogen (secondary N) is 1. The molecule has 0 amide bonds. The molecule has 0 aliphatic rings. The molecule has 0 spiro atoms. The molecule has 1 aromatic carbocycles. The van der Waals surface area contributed by atoms with Crippen LogP contribution in [0.2, 0.25) is 0 Å². The van der Waals surface area contributed by atoms with Crippen molar-refractivity contribution in [2.24, 2.45) is 0 Å². The van der Waals surface area contributed by atoms with Gasteiger partial charge in [0, 0.05) is 18.3 Å². The highest BCUT2D eigenvalue weighted by atomic mass is 32.2. The minimum atomic E-state index is -3.60. The van der Waals surface area contributed by atoms with Gasteiger partial charge >= 0.3 is 5.97 Å². The van der Waals surface area contributed by atoms with Crippen LogP contribution in [0.4, 0.5) is 5.69 Å². The molecule has 0 radical (unpaired) electrons. The second-order valence-corrected chi connectivity index (χ2v) is 5.11. The zero-order valence-corrected chi connectivity index (χ0v) is 10.4. The molecule has 18 heavy (non-hydrogen) atoms. The van der Waals surface area contributed by atoms with E-state index in [1.807, 2.05) is 0 Å². The largest absolute Gasteiger partial charge is 0.461 e. The summed E-state index contributed by atoms with van der Waals surface area (Å²) in [6.45, 7) is 3.15. The summed E-state index contributed by atoms with van der Waals surface area (Å²) in [5, 5.41) is 0. The standard InChI is InChI=1S/C11H14N2O4S/c1-2-11(14)17-8-7-13-18(15,16)10-5-3-9(12)4-6-10/h2-6,13H,1,7-8,12H2. The smallest absolute Gasteiger partial charge is 0.330 e. The predicted molar refractivity (Wildman–Crippen MR) is 67.2 cm³/mol. The number of carbonyl (C=O) groups is 1. The van der Waals surface area contributed by atoms with Gasteiger partial charge in [0.25, 0.3) is 0 Å². The number of sulfonamides is 1. The number of nitrogen functional groups attached to an aromatic ring is 1. The van der Waals surface area contributed by atoms with Crippen LogP contribution in [-0.4, -0.2) is 27.5 Å². The SMILES string of the molecule is C=CC(=O)OCCNS(=O)(=O)c1ccc(N)cc1. The van der Waals surface area contributed by atoms with Crippen LogP contribution in [0.1, 0.15) is 0 Å². The molecular formula is C11H14N2O4S. The van der Waals surface area contributed by atoms with Crippen LogP contribution in [0.25, 0.3) is 0 Å². The van der Waals surface area contributed by atoms with E-state index in [-0.39, 0.29) is 18.0 Å². The van der Waals surface area contributed by atoms with Crippen LogP contribution in [0.3, 0.4) is 0 Å². The fourth-order valence-electron chi connectivity index (χ4n) is 1.12. The lowest BCUT2D eigenvalue weighted by molar-refractivity contribution is -0.137. The molecule has 0 aliphatic heterocycles. The average Bonchev–Trinajstić information content (AvgIpc) is 2.35. The van der Waals surface area contributed by atoms with Crippen LogP contribution in [0.5, 0.6) is 0 Å². The van der Waals surface area contributed by atoms with Crippen LogP contribution < -0.4 is 10.5 Å². The maximum absolute atomic E-state index is 11.7. The van der Waals surface area contributed by atoms with Crippen LogP contribution in [0, 0.1) is 0 Å². The van der Waals surface area contributed by atoms with E-state index in [1.165, 1.54) is 24.3 Å². The topological polar surface area (TPSA) is 98.5 Å². The quantitative estimate of drug-likeness (QED) is 0.335. The number of carbonyl (C=O) groups excluding carboxylic acids is 1. The maximum Gasteiger partial charge on any atom is 0.330 e. The molecule has 98 valence electrons. The van der Waals surface area contributed by atoms with Crippen LogP contribution >= 0.6 is 0 Å². The van der Waals surface area contributed by atoms with Gasteiger partial charge in [0.05, 0.1) is 4.90 Å². The van der Waals surface area contributed by atoms with E-state index in [0.29, 0.717) is 5.69 Å². The second-order valence-electron chi connectivity index (χ2n) is 3.34. The number of nitrogens with two attached hydrogens (primary N) is 1. The molecule has 6 nitrogen and oxygen atoms in total. The number of ether oxygens (including phenoxy) is 1. The van der Waals surface area contributed by atoms with Crippen LogP contribution in [-0.2, 0) is 19.6 Å². The average molecular weight is 270 g/mol. The molecule has 7 heteroatoms. The zero-order valence-electron chi connectivity index (χ0n) is 9.63. The Kier molecular flexibility index (Phi) is 4.87. The molecule has 0 aliphatic carbocycles. The summed E-state index contributed by atoms with van der Waals surface area (Å²) in [4.78, 5) is 10.8. The van der Waals surface area contributed by atoms with E-state index < -0.39 is 16.0 Å². The van der Waals surface area contributed by atoms with Gasteiger partial charge < -0.3 is 10.5 Å². The Balaban J connectivity index is 2.52. The molecule has 1 rings (SSSR count). The van der Waals surface area contributed by atoms with Crippen LogP contribution in [0.15, 0.2) is 41.8 Å². The van der Waals surface area contributed by atoms with Gasteiger partial charge in [-0.2, -0.15) is 0 Å². The van der Waals surface area contributed by atoms with Crippen molar-refractivity contribution in [1.29, 1.82) is 0 Å². The predicted octanol–water partition coefficient (Wildman–Crippen LogP) is 0.276. The molecule has 0 unspecified atom stereocenters. The van der Waals surface area contributed by atoms with E-state index >= 15 is 0 Å². The lowest BCUT2D eigenvalue weighted by Gasteiger charge is -2.07. The Bertz CT molecular complexity index is 522. The first-order valence-corrected chi connectivity index (χ1v) is 6.58. The van der Waals surface area contributed by atoms with Crippen molar-refractivity contribution in [3.8, 4) is 0 Å². The Labute approximate surface area is 105 Å². The number of esters is 1. The summed E-state index contributed by atoms with van der Waals surface area (Å²) in [7, 11) is -3.60. The Hall–Kier alpha value is -1.86. The Morgan fingerprint density at radius 1 is 1.39 bits per heavy atom. The summed E-state index contributed by atoms with van der Waals surface area (Å²) >= 11 is 0. The molecule has 0 saturated heterocycles. The van der Waals surface area contributed by atoms with Gasteiger partial charge in [0.2, 0.25) is 10.0 Å². The molecular weight excluding hydrogens is 256 g/mol. The summed E-state index contributed by atoms with van der Waals surface area (Å²) in [6, 6.07) is 5.78. The Morgan fingerprint density at radius 2 is 2.00 bits per heavy atom. The third-order valence-corrected chi connectivity index (χ3v) is 3.47. The van der Waals surface area contributed by atoms with Crippen molar-refractivity contribution in [2.75, 3.05) is 18.9 Å². The van der Waals surface area contributed by atoms with Crippen molar-refractivity contribution in [2.45, 2.75) is 4.90 Å². The minimum Gasteiger partial charge on any atom is -0.461 e. The zero-order chi connectivity index (χ0) is 13.6. The first-order chi connectivity index (χ1) is 8.45. The van der Waals surface area contributed by atoms with Gasteiger partial charge in [-0.1, -0.05) is 6.58 Å². The highest BCUT2D eigenvalue weighted by molar-refractivity contribution is 7.89. The molecule has 3 N–H and O–H groups in total. The monoisotopic (exact) mass is 270 g/mol. The lowest BCUT2D eigenvalue weighted by atomic mass is 10.3. The summed E-state index contributed by atoms with van der Waals surface area (Å²) in [6.07, 6.45) is 1.01. The number of anilines is 1. The second kappa shape index (κ2) is 6.18. The van der Waals surface area contributed by atoms with Gasteiger partial charge in [0.15, 0.2) is 0 Å². The first-order valence-electron chi connectivity index (χ1n) is 5.10. The van der Waals surface area contributed by atoms with E-state index in [2.05, 4.69) is 16.0 Å². The fraction of sp³-hybridized carbons (Fsp3) is 0.182. The summed E-state index contributed by atoms with van der Waals surface area (Å²) < 4.78 is 30.4. The molecule has 0 fully saturated rings. The van der Waals surface area contributed by atoms with Gasteiger partial charge in [-0.05, 0) is 24.3 Å². The normalized spacial score (nSPS) is 10.9. The number of hydrogen-bond acceptors (Lipinski definition) is 5. The highest BCUT2D eigenvalue weighted by Crippen LogP contribution is 2.10. The molecule has 0 saturated carbocycles. The number of benzene rings is 1. The summed E-state index contributed by atoms with van der Waals surface area (Å²) in [5.74, 6) is -0.596. The molecule has 0 heterocycles. The maximum atomic E-state index is 11.7. The van der Waals surface area contributed by atoms with Gasteiger partial charge in [-0.25, -0.2) is 17.9 Å². The third kappa shape index (κ3) is 4.19. The van der Waals surface area contributed by atoms with Crippen molar-refractivity contribution in [1.82, 2.24) is 4.72 Å². The van der Waals surface area contributed by atoms with Crippen molar-refractivity contribution < 1.29 is 17.9 Å².